The molecular formula is C28H26N6O2. The fourth-order valence-electron chi connectivity index (χ4n) is 5.02. The van der Waals surface area contributed by atoms with Gasteiger partial charge in [0.1, 0.15) is 17.2 Å². The van der Waals surface area contributed by atoms with Gasteiger partial charge in [0.15, 0.2) is 5.88 Å². The number of amidine groups is 1. The Labute approximate surface area is 208 Å². The molecular weight excluding hydrogens is 452 g/mol. The van der Waals surface area contributed by atoms with E-state index in [0.717, 1.165) is 33.4 Å². The predicted molar refractivity (Wildman–Crippen MR) is 141 cm³/mol. The summed E-state index contributed by atoms with van der Waals surface area (Å²) in [5.74, 6) is 0.698. The predicted octanol–water partition coefficient (Wildman–Crippen LogP) is 4.71. The molecule has 36 heavy (non-hydrogen) atoms. The number of hydrogen-bond acceptors (Lipinski definition) is 5. The molecule has 180 valence electrons. The summed E-state index contributed by atoms with van der Waals surface area (Å²) in [7, 11) is 0. The number of nitrogens with zero attached hydrogens (tertiary/aromatic N) is 5. The van der Waals surface area contributed by atoms with Crippen molar-refractivity contribution in [2.45, 2.75) is 32.9 Å². The number of H-pyrrole nitrogens is 1. The Morgan fingerprint density at radius 3 is 2.64 bits per heavy atom. The van der Waals surface area contributed by atoms with Gasteiger partial charge in [0.25, 0.3) is 5.91 Å². The second-order valence-electron chi connectivity index (χ2n) is 9.69. The zero-order valence-corrected chi connectivity index (χ0v) is 20.4. The Bertz CT molecular complexity index is 1600. The average molecular weight is 479 g/mol. The molecule has 8 heteroatoms. The highest BCUT2D eigenvalue weighted by Gasteiger charge is 2.44. The molecule has 4 aromatic rings. The lowest BCUT2D eigenvalue weighted by molar-refractivity contribution is 0.0980. The van der Waals surface area contributed by atoms with E-state index in [1.807, 2.05) is 63.3 Å². The number of carbonyl (C=O) groups excluding carboxylic acids is 1. The van der Waals surface area contributed by atoms with Crippen molar-refractivity contribution in [1.82, 2.24) is 14.8 Å². The Balaban J connectivity index is 1.25. The van der Waals surface area contributed by atoms with Gasteiger partial charge in [-0.2, -0.15) is 5.10 Å². The van der Waals surface area contributed by atoms with Crippen LogP contribution in [0.5, 0.6) is 5.88 Å². The molecule has 8 nitrogen and oxygen atoms in total. The molecule has 0 atom stereocenters. The molecule has 2 aliphatic heterocycles. The van der Waals surface area contributed by atoms with Crippen molar-refractivity contribution in [3.8, 4) is 5.88 Å². The number of aliphatic imine (C=N–C) groups is 2. The molecule has 0 bridgehead atoms. The molecule has 0 aliphatic carbocycles. The molecule has 1 amide bonds. The van der Waals surface area contributed by atoms with Crippen LogP contribution in [0.3, 0.4) is 0 Å². The van der Waals surface area contributed by atoms with Crippen LogP contribution in [0, 0.1) is 6.92 Å². The summed E-state index contributed by atoms with van der Waals surface area (Å²) in [5, 5.41) is 15.8. The van der Waals surface area contributed by atoms with Crippen molar-refractivity contribution < 1.29 is 9.90 Å². The minimum atomic E-state index is -0.582. The van der Waals surface area contributed by atoms with Crippen molar-refractivity contribution in [3.05, 3.63) is 88.8 Å². The quantitative estimate of drug-likeness (QED) is 0.416. The van der Waals surface area contributed by atoms with Gasteiger partial charge < -0.3 is 10.1 Å². The SMILES string of the molecule is Cc1cc2n(n1)C(C)(C)N(c1ccc(Cc3ccc4[nH]c(O)c(C=NC5=NCC=C5)c4c3)cc1)C2=O. The number of carbonyl (C=O) groups is 1. The average Bonchev–Trinajstić information content (AvgIpc) is 3.60. The summed E-state index contributed by atoms with van der Waals surface area (Å²) in [6.07, 6.45) is 6.18. The number of aryl methyl sites for hydroxylation is 1. The first-order valence-corrected chi connectivity index (χ1v) is 11.9. The van der Waals surface area contributed by atoms with Gasteiger partial charge in [-0.3, -0.25) is 14.7 Å². The Morgan fingerprint density at radius 2 is 1.92 bits per heavy atom. The van der Waals surface area contributed by atoms with Crippen molar-refractivity contribution in [3.63, 3.8) is 0 Å². The summed E-state index contributed by atoms with van der Waals surface area (Å²) < 4.78 is 1.80. The number of benzene rings is 2. The fourth-order valence-corrected chi connectivity index (χ4v) is 5.02. The molecule has 2 aliphatic rings. The van der Waals surface area contributed by atoms with Crippen LogP contribution in [0.25, 0.3) is 10.9 Å². The molecule has 2 aromatic heterocycles. The maximum Gasteiger partial charge on any atom is 0.278 e. The van der Waals surface area contributed by atoms with Gasteiger partial charge in [0.2, 0.25) is 0 Å². The van der Waals surface area contributed by atoms with Crippen LogP contribution in [-0.4, -0.2) is 44.4 Å². The van der Waals surface area contributed by atoms with E-state index >= 15 is 0 Å². The monoisotopic (exact) mass is 478 g/mol. The third kappa shape index (κ3) is 3.53. The number of aromatic nitrogens is 3. The molecule has 2 aromatic carbocycles. The highest BCUT2D eigenvalue weighted by atomic mass is 16.3. The summed E-state index contributed by atoms with van der Waals surface area (Å²) in [5.41, 5.74) is 5.43. The number of fused-ring (bicyclic) bond motifs is 2. The third-order valence-corrected chi connectivity index (χ3v) is 6.76. The van der Waals surface area contributed by atoms with E-state index in [9.17, 15) is 9.90 Å². The minimum absolute atomic E-state index is 0.0423. The van der Waals surface area contributed by atoms with Crippen molar-refractivity contribution in [1.29, 1.82) is 0 Å². The van der Waals surface area contributed by atoms with Crippen LogP contribution < -0.4 is 4.90 Å². The summed E-state index contributed by atoms with van der Waals surface area (Å²) in [4.78, 5) is 26.6. The largest absolute Gasteiger partial charge is 0.494 e. The van der Waals surface area contributed by atoms with Crippen LogP contribution in [0.15, 0.2) is 70.7 Å². The molecule has 0 fully saturated rings. The van der Waals surface area contributed by atoms with E-state index in [1.165, 1.54) is 0 Å². The third-order valence-electron chi connectivity index (χ3n) is 6.76. The lowest BCUT2D eigenvalue weighted by atomic mass is 10.0. The number of anilines is 1. The number of aromatic hydroxyl groups is 1. The van der Waals surface area contributed by atoms with Gasteiger partial charge in [-0.15, -0.1) is 0 Å². The van der Waals surface area contributed by atoms with E-state index in [4.69, 9.17) is 0 Å². The van der Waals surface area contributed by atoms with E-state index in [1.54, 1.807) is 15.8 Å². The first-order valence-electron chi connectivity index (χ1n) is 11.9. The number of hydrogen-bond donors (Lipinski definition) is 2. The topological polar surface area (TPSA) is 98.9 Å². The van der Waals surface area contributed by atoms with Crippen LogP contribution in [0.4, 0.5) is 5.69 Å². The first-order chi connectivity index (χ1) is 17.3. The summed E-state index contributed by atoms with van der Waals surface area (Å²) in [6, 6.07) is 16.0. The van der Waals surface area contributed by atoms with Gasteiger partial charge in [0, 0.05) is 22.8 Å². The van der Waals surface area contributed by atoms with Gasteiger partial charge in [-0.05, 0) is 74.7 Å². The van der Waals surface area contributed by atoms with Gasteiger partial charge in [0.05, 0.1) is 17.8 Å². The van der Waals surface area contributed by atoms with E-state index in [2.05, 4.69) is 38.3 Å². The zero-order valence-electron chi connectivity index (χ0n) is 20.4. The molecule has 0 spiro atoms. The van der Waals surface area contributed by atoms with Crippen LogP contribution >= 0.6 is 0 Å². The molecule has 4 heterocycles. The van der Waals surface area contributed by atoms with E-state index in [0.29, 0.717) is 30.1 Å². The lowest BCUT2D eigenvalue weighted by Crippen LogP contribution is -2.43. The minimum Gasteiger partial charge on any atom is -0.494 e. The highest BCUT2D eigenvalue weighted by molar-refractivity contribution is 6.09. The molecule has 0 saturated carbocycles. The molecule has 6 rings (SSSR count). The van der Waals surface area contributed by atoms with Crippen LogP contribution in [0.1, 0.15) is 46.7 Å². The maximum atomic E-state index is 13.1. The lowest BCUT2D eigenvalue weighted by Gasteiger charge is -2.32. The van der Waals surface area contributed by atoms with Gasteiger partial charge in [-0.25, -0.2) is 9.67 Å². The smallest absolute Gasteiger partial charge is 0.278 e. The molecule has 0 unspecified atom stereocenters. The van der Waals surface area contributed by atoms with Crippen molar-refractivity contribution in [2.24, 2.45) is 9.98 Å². The van der Waals surface area contributed by atoms with Crippen LogP contribution in [0.2, 0.25) is 0 Å². The van der Waals surface area contributed by atoms with Crippen LogP contribution in [-0.2, 0) is 12.1 Å². The van der Waals surface area contributed by atoms with Gasteiger partial charge >= 0.3 is 0 Å². The molecule has 0 radical (unpaired) electrons. The second kappa shape index (κ2) is 8.05. The second-order valence-corrected chi connectivity index (χ2v) is 9.69. The van der Waals surface area contributed by atoms with Gasteiger partial charge in [-0.1, -0.05) is 24.3 Å². The van der Waals surface area contributed by atoms with E-state index in [-0.39, 0.29) is 11.8 Å². The number of aromatic amines is 1. The summed E-state index contributed by atoms with van der Waals surface area (Å²) in [6.45, 7) is 6.54. The molecule has 0 saturated heterocycles. The van der Waals surface area contributed by atoms with Crippen molar-refractivity contribution in [2.75, 3.05) is 11.4 Å². The summed E-state index contributed by atoms with van der Waals surface area (Å²) >= 11 is 0. The number of amides is 1. The highest BCUT2D eigenvalue weighted by Crippen LogP contribution is 2.36. The Kier molecular flexibility index (Phi) is 4.93. The van der Waals surface area contributed by atoms with Crippen molar-refractivity contribution >= 4 is 34.5 Å². The first kappa shape index (κ1) is 22.0. The maximum absolute atomic E-state index is 13.1. The van der Waals surface area contributed by atoms with E-state index < -0.39 is 5.66 Å². The normalized spacial score (nSPS) is 16.5. The number of rotatable bonds is 4. The standard InChI is InChI=1S/C28H26N6O2/c1-17-13-24-27(36)33(28(2,3)34(24)32-17)20-9-6-18(7-10-20)14-19-8-11-23-21(15-19)22(26(35)31-23)16-30-25-5-4-12-29-25/h4-11,13,15-16,31,35H,12,14H2,1-3H3. The Hall–Kier alpha value is -4.46. The Morgan fingerprint density at radius 1 is 1.14 bits per heavy atom. The number of nitrogens with one attached hydrogen (secondary N) is 1. The fraction of sp³-hybridized carbons (Fsp3) is 0.214. The zero-order chi connectivity index (χ0) is 25.0. The molecule has 2 N–H and O–H groups in total.